The summed E-state index contributed by atoms with van der Waals surface area (Å²) in [7, 11) is -1.61. The molecule has 0 unspecified atom stereocenters. The maximum atomic E-state index is 12.7. The Labute approximate surface area is 200 Å². The number of carboxylic acids is 1. The van der Waals surface area contributed by atoms with Gasteiger partial charge < -0.3 is 9.84 Å². The quantitative estimate of drug-likeness (QED) is 0.360. The normalized spacial score (nSPS) is 12.2. The molecule has 4 rings (SSSR count). The molecule has 1 aliphatic carbocycles. The number of hydrogen-bond acceptors (Lipinski definition) is 3. The molecule has 0 saturated carbocycles. The van der Waals surface area contributed by atoms with Crippen molar-refractivity contribution >= 4 is 25.8 Å². The van der Waals surface area contributed by atoms with Crippen LogP contribution < -0.4 is 5.32 Å². The number of carbonyl (C=O) groups is 2. The van der Waals surface area contributed by atoms with Crippen LogP contribution in [0.15, 0.2) is 66.7 Å². The van der Waals surface area contributed by atoms with Gasteiger partial charge in [0, 0.05) is 17.2 Å². The first-order chi connectivity index (χ1) is 16.2. The van der Waals surface area contributed by atoms with Gasteiger partial charge >= 0.3 is 12.1 Å². The maximum Gasteiger partial charge on any atom is 0.411 e. The summed E-state index contributed by atoms with van der Waals surface area (Å²) in [5.41, 5.74) is 9.61. The van der Waals surface area contributed by atoms with Crippen LogP contribution in [0.25, 0.3) is 11.1 Å². The zero-order valence-corrected chi connectivity index (χ0v) is 20.5. The third kappa shape index (κ3) is 5.56. The van der Waals surface area contributed by atoms with Crippen LogP contribution in [0.5, 0.6) is 0 Å². The Morgan fingerprint density at radius 3 is 2.18 bits per heavy atom. The SMILES string of the molecule is C[Si](C)(C)C#Cc1cc(CC(=O)O)cc(NC(=O)OCC2c3ccccc3-c3ccccc32)c1. The summed E-state index contributed by atoms with van der Waals surface area (Å²) >= 11 is 0. The standard InChI is InChI=1S/C28H27NO4Si/c1-34(2,3)13-12-19-14-20(17-27(30)31)16-21(15-19)29-28(32)33-18-26-24-10-6-4-8-22(24)23-9-5-7-11-25(23)26/h4-11,14-16,26H,17-18H2,1-3H3,(H,29,32)(H,30,31). The Bertz CT molecular complexity index is 1270. The van der Waals surface area contributed by atoms with Crippen LogP contribution in [0.4, 0.5) is 10.5 Å². The Kier molecular flexibility index (Phi) is 6.58. The van der Waals surface area contributed by atoms with Crippen LogP contribution in [0.1, 0.15) is 28.2 Å². The second kappa shape index (κ2) is 9.58. The average Bonchev–Trinajstić information content (AvgIpc) is 3.09. The van der Waals surface area contributed by atoms with E-state index >= 15 is 0 Å². The zero-order chi connectivity index (χ0) is 24.3. The number of benzene rings is 3. The van der Waals surface area contributed by atoms with Crippen molar-refractivity contribution < 1.29 is 19.4 Å². The molecule has 2 N–H and O–H groups in total. The largest absolute Gasteiger partial charge is 0.481 e. The van der Waals surface area contributed by atoms with E-state index in [2.05, 4.69) is 60.7 Å². The van der Waals surface area contributed by atoms with E-state index in [4.69, 9.17) is 4.74 Å². The molecule has 0 fully saturated rings. The summed E-state index contributed by atoms with van der Waals surface area (Å²) in [6, 6.07) is 21.5. The highest BCUT2D eigenvalue weighted by Crippen LogP contribution is 2.44. The first kappa shape index (κ1) is 23.3. The molecular formula is C28H27NO4Si. The number of ether oxygens (including phenoxy) is 1. The Balaban J connectivity index is 1.51. The van der Waals surface area contributed by atoms with Crippen molar-refractivity contribution in [3.8, 4) is 22.6 Å². The summed E-state index contributed by atoms with van der Waals surface area (Å²) < 4.78 is 5.62. The van der Waals surface area contributed by atoms with E-state index < -0.39 is 20.1 Å². The van der Waals surface area contributed by atoms with Crippen LogP contribution in [-0.2, 0) is 16.0 Å². The fourth-order valence-electron chi connectivity index (χ4n) is 4.13. The van der Waals surface area contributed by atoms with E-state index in [9.17, 15) is 14.7 Å². The molecule has 5 nitrogen and oxygen atoms in total. The molecule has 0 radical (unpaired) electrons. The van der Waals surface area contributed by atoms with Crippen LogP contribution in [0.3, 0.4) is 0 Å². The smallest absolute Gasteiger partial charge is 0.411 e. The predicted molar refractivity (Wildman–Crippen MR) is 137 cm³/mol. The van der Waals surface area contributed by atoms with Crippen LogP contribution in [0, 0.1) is 11.5 Å². The van der Waals surface area contributed by atoms with E-state index in [1.807, 2.05) is 24.3 Å². The maximum absolute atomic E-state index is 12.7. The molecule has 172 valence electrons. The van der Waals surface area contributed by atoms with E-state index in [1.54, 1.807) is 18.2 Å². The van der Waals surface area contributed by atoms with Gasteiger partial charge in [0.05, 0.1) is 6.42 Å². The number of hydrogen-bond donors (Lipinski definition) is 2. The second-order valence-electron chi connectivity index (χ2n) is 9.44. The molecule has 0 bridgehead atoms. The summed E-state index contributed by atoms with van der Waals surface area (Å²) in [6.07, 6.45) is -0.736. The number of anilines is 1. The lowest BCUT2D eigenvalue weighted by molar-refractivity contribution is -0.136. The van der Waals surface area contributed by atoms with Gasteiger partial charge in [-0.3, -0.25) is 10.1 Å². The first-order valence-corrected chi connectivity index (χ1v) is 14.7. The number of nitrogens with one attached hydrogen (secondary N) is 1. The predicted octanol–water partition coefficient (Wildman–Crippen LogP) is 5.90. The Hall–Kier alpha value is -3.82. The molecule has 6 heteroatoms. The average molecular weight is 470 g/mol. The minimum atomic E-state index is -1.61. The molecule has 34 heavy (non-hydrogen) atoms. The van der Waals surface area contributed by atoms with Crippen molar-refractivity contribution in [1.82, 2.24) is 0 Å². The number of carboxylic acid groups (broad SMARTS) is 1. The second-order valence-corrected chi connectivity index (χ2v) is 14.2. The van der Waals surface area contributed by atoms with E-state index in [0.29, 0.717) is 16.8 Å². The third-order valence-corrected chi connectivity index (χ3v) is 6.40. The van der Waals surface area contributed by atoms with Crippen molar-refractivity contribution in [2.24, 2.45) is 0 Å². The molecule has 0 aromatic heterocycles. The van der Waals surface area contributed by atoms with Crippen LogP contribution >= 0.6 is 0 Å². The summed E-state index contributed by atoms with van der Waals surface area (Å²) in [5, 5.41) is 12.0. The summed E-state index contributed by atoms with van der Waals surface area (Å²) in [4.78, 5) is 23.9. The third-order valence-electron chi connectivity index (χ3n) is 5.52. The molecule has 0 aliphatic heterocycles. The molecule has 0 heterocycles. The lowest BCUT2D eigenvalue weighted by Gasteiger charge is -2.15. The highest BCUT2D eigenvalue weighted by Gasteiger charge is 2.29. The molecule has 0 atom stereocenters. The van der Waals surface area contributed by atoms with Crippen molar-refractivity contribution in [2.75, 3.05) is 11.9 Å². The summed E-state index contributed by atoms with van der Waals surface area (Å²) in [6.45, 7) is 6.61. The molecular weight excluding hydrogens is 442 g/mol. The van der Waals surface area contributed by atoms with Gasteiger partial charge in [-0.2, -0.15) is 0 Å². The van der Waals surface area contributed by atoms with Crippen LogP contribution in [-0.4, -0.2) is 31.8 Å². The van der Waals surface area contributed by atoms with E-state index in [0.717, 1.165) is 11.1 Å². The van der Waals surface area contributed by atoms with Gasteiger partial charge in [0.25, 0.3) is 0 Å². The molecule has 0 spiro atoms. The highest BCUT2D eigenvalue weighted by atomic mass is 28.3. The van der Waals surface area contributed by atoms with Crippen molar-refractivity contribution in [2.45, 2.75) is 32.0 Å². The van der Waals surface area contributed by atoms with Crippen molar-refractivity contribution in [3.63, 3.8) is 0 Å². The summed E-state index contributed by atoms with van der Waals surface area (Å²) in [5.74, 6) is 2.16. The number of fused-ring (bicyclic) bond motifs is 3. The van der Waals surface area contributed by atoms with Gasteiger partial charge in [-0.05, 0) is 46.0 Å². The van der Waals surface area contributed by atoms with Gasteiger partial charge in [0.15, 0.2) is 0 Å². The lowest BCUT2D eigenvalue weighted by atomic mass is 9.98. The van der Waals surface area contributed by atoms with E-state index in [1.165, 1.54) is 11.1 Å². The fourth-order valence-corrected chi connectivity index (χ4v) is 4.64. The van der Waals surface area contributed by atoms with Gasteiger partial charge in [-0.25, -0.2) is 4.79 Å². The minimum absolute atomic E-state index is 0.0327. The zero-order valence-electron chi connectivity index (χ0n) is 19.5. The Morgan fingerprint density at radius 2 is 1.59 bits per heavy atom. The number of carbonyl (C=O) groups excluding carboxylic acids is 1. The molecule has 0 saturated heterocycles. The molecule has 3 aromatic carbocycles. The Morgan fingerprint density at radius 1 is 0.971 bits per heavy atom. The fraction of sp³-hybridized carbons (Fsp3) is 0.214. The van der Waals surface area contributed by atoms with Gasteiger partial charge in [-0.1, -0.05) is 74.1 Å². The van der Waals surface area contributed by atoms with E-state index in [-0.39, 0.29) is 18.9 Å². The molecule has 3 aromatic rings. The number of aliphatic carboxylic acids is 1. The first-order valence-electron chi connectivity index (χ1n) is 11.2. The van der Waals surface area contributed by atoms with Gasteiger partial charge in [-0.15, -0.1) is 5.54 Å². The van der Waals surface area contributed by atoms with Crippen LogP contribution in [0.2, 0.25) is 19.6 Å². The minimum Gasteiger partial charge on any atom is -0.481 e. The van der Waals surface area contributed by atoms with Gasteiger partial charge in [0.2, 0.25) is 0 Å². The number of amides is 1. The van der Waals surface area contributed by atoms with Crippen molar-refractivity contribution in [3.05, 3.63) is 89.0 Å². The monoisotopic (exact) mass is 469 g/mol. The molecule has 1 aliphatic rings. The lowest BCUT2D eigenvalue weighted by Crippen LogP contribution is -2.18. The topological polar surface area (TPSA) is 75.6 Å². The molecule has 1 amide bonds. The highest BCUT2D eigenvalue weighted by molar-refractivity contribution is 6.83. The number of rotatable bonds is 5. The van der Waals surface area contributed by atoms with Crippen molar-refractivity contribution in [1.29, 1.82) is 0 Å². The van der Waals surface area contributed by atoms with Gasteiger partial charge in [0.1, 0.15) is 14.7 Å².